The monoisotopic (exact) mass is 674 g/mol. The van der Waals surface area contributed by atoms with Gasteiger partial charge in [0.05, 0.1) is 19.1 Å². The Morgan fingerprint density at radius 2 is 1.83 bits per heavy atom. The maximum atomic E-state index is 12.9. The molecule has 262 valence electrons. The van der Waals surface area contributed by atoms with Crippen molar-refractivity contribution in [3.8, 4) is 0 Å². The molecule has 4 N–H and O–H groups in total. The fraction of sp³-hybridized carbons (Fsp3) is 0.750. The minimum absolute atomic E-state index is 0.00139. The van der Waals surface area contributed by atoms with Gasteiger partial charge in [-0.25, -0.2) is 0 Å². The molecule has 0 spiro atoms. The summed E-state index contributed by atoms with van der Waals surface area (Å²) in [5.74, 6) is 1.35. The standard InChI is InChI=1S/C40H58N4O3S/c1-36(2)19-26-23(27(20-36)35(45)46)8-11-40(7)32(26)25(24-10-17-48-29(24)22-44-13-15-47-16-14-44)18-31-38(5)21-28-33(42-43-34(28)41)37(3,4)30(38)9-12-39(31,40)6/h10,17,23,26-27,30-31H,8-9,11-16,18-22H2,1-7H3,(H,45,46)(H3,41,42,43)/t23-,26?,27+,30?,31?,38-,39+,40+/m0/s1. The van der Waals surface area contributed by atoms with E-state index in [1.807, 2.05) is 11.3 Å². The lowest BCUT2D eigenvalue weighted by Crippen LogP contribution is -2.64. The van der Waals surface area contributed by atoms with Crippen molar-refractivity contribution in [3.63, 3.8) is 0 Å². The van der Waals surface area contributed by atoms with Crippen LogP contribution >= 0.6 is 11.3 Å². The molecule has 8 rings (SSSR count). The molecular weight excluding hydrogens is 617 g/mol. The molecule has 1 saturated heterocycles. The number of H-pyrrole nitrogens is 1. The first-order valence-electron chi connectivity index (χ1n) is 18.8. The summed E-state index contributed by atoms with van der Waals surface area (Å²) in [6, 6.07) is 2.43. The Labute approximate surface area is 291 Å². The zero-order chi connectivity index (χ0) is 34.0. The van der Waals surface area contributed by atoms with Gasteiger partial charge in [-0.3, -0.25) is 14.8 Å². The Bertz CT molecular complexity index is 1650. The lowest BCUT2D eigenvalue weighted by atomic mass is 9.33. The second kappa shape index (κ2) is 10.9. The summed E-state index contributed by atoms with van der Waals surface area (Å²) in [5, 5.41) is 20.9. The predicted octanol–water partition coefficient (Wildman–Crippen LogP) is 8.17. The number of carboxylic acid groups (broad SMARTS) is 1. The molecule has 3 saturated carbocycles. The number of carbonyl (C=O) groups is 1. The summed E-state index contributed by atoms with van der Waals surface area (Å²) >= 11 is 1.91. The highest BCUT2D eigenvalue weighted by molar-refractivity contribution is 7.10. The summed E-state index contributed by atoms with van der Waals surface area (Å²) in [7, 11) is 0. The number of hydrogen-bond acceptors (Lipinski definition) is 6. The molecule has 0 radical (unpaired) electrons. The van der Waals surface area contributed by atoms with Crippen LogP contribution in [-0.4, -0.2) is 52.5 Å². The van der Waals surface area contributed by atoms with Gasteiger partial charge >= 0.3 is 5.97 Å². The summed E-state index contributed by atoms with van der Waals surface area (Å²) in [6.07, 6.45) is 8.41. The van der Waals surface area contributed by atoms with Gasteiger partial charge in [0.2, 0.25) is 0 Å². The third-order valence-electron chi connectivity index (χ3n) is 15.7. The van der Waals surface area contributed by atoms with Crippen molar-refractivity contribution < 1.29 is 14.6 Å². The Morgan fingerprint density at radius 1 is 1.08 bits per heavy atom. The van der Waals surface area contributed by atoms with Crippen molar-refractivity contribution in [1.29, 1.82) is 0 Å². The van der Waals surface area contributed by atoms with Gasteiger partial charge in [0.25, 0.3) is 0 Å². The number of morpholine rings is 1. The van der Waals surface area contributed by atoms with E-state index in [1.54, 1.807) is 11.1 Å². The minimum Gasteiger partial charge on any atom is -0.481 e. The van der Waals surface area contributed by atoms with E-state index in [-0.39, 0.29) is 38.9 Å². The van der Waals surface area contributed by atoms with Crippen molar-refractivity contribution in [3.05, 3.63) is 38.7 Å². The number of fused-ring (bicyclic) bond motifs is 8. The molecular formula is C40H58N4O3S. The van der Waals surface area contributed by atoms with Crippen LogP contribution in [0.2, 0.25) is 0 Å². The number of aliphatic carboxylic acids is 1. The normalized spacial score (nSPS) is 40.3. The third-order valence-corrected chi connectivity index (χ3v) is 16.6. The number of hydrogen-bond donors (Lipinski definition) is 3. The highest BCUT2D eigenvalue weighted by atomic mass is 32.1. The number of anilines is 1. The minimum atomic E-state index is -0.585. The summed E-state index contributed by atoms with van der Waals surface area (Å²) in [4.78, 5) is 17.0. The lowest BCUT2D eigenvalue weighted by Gasteiger charge is -2.70. The highest BCUT2D eigenvalue weighted by Gasteiger charge is 2.68. The first-order chi connectivity index (χ1) is 22.6. The number of rotatable bonds is 4. The molecule has 2 aromatic rings. The second-order valence-electron chi connectivity index (χ2n) is 18.8. The summed E-state index contributed by atoms with van der Waals surface area (Å²) < 4.78 is 5.72. The van der Waals surface area contributed by atoms with E-state index in [9.17, 15) is 9.90 Å². The van der Waals surface area contributed by atoms with Gasteiger partial charge in [-0.2, -0.15) is 5.10 Å². The van der Waals surface area contributed by atoms with E-state index in [0.29, 0.717) is 23.6 Å². The Balaban J connectivity index is 1.32. The number of nitrogens with two attached hydrogens (primary N) is 1. The van der Waals surface area contributed by atoms with Crippen molar-refractivity contribution >= 4 is 28.7 Å². The average molecular weight is 675 g/mol. The van der Waals surface area contributed by atoms with E-state index in [2.05, 4.69) is 75.0 Å². The Kier molecular flexibility index (Phi) is 7.51. The van der Waals surface area contributed by atoms with Gasteiger partial charge in [-0.15, -0.1) is 11.3 Å². The molecule has 2 aromatic heterocycles. The molecule has 3 heterocycles. The molecule has 3 unspecified atom stereocenters. The number of thiophene rings is 1. The fourth-order valence-electron chi connectivity index (χ4n) is 13.4. The van der Waals surface area contributed by atoms with Crippen LogP contribution in [0.3, 0.4) is 0 Å². The molecule has 7 nitrogen and oxygen atoms in total. The smallest absolute Gasteiger partial charge is 0.306 e. The van der Waals surface area contributed by atoms with E-state index in [4.69, 9.17) is 10.5 Å². The van der Waals surface area contributed by atoms with Crippen molar-refractivity contribution in [1.82, 2.24) is 15.1 Å². The van der Waals surface area contributed by atoms with Crippen molar-refractivity contribution in [2.24, 2.45) is 51.2 Å². The van der Waals surface area contributed by atoms with Crippen LogP contribution < -0.4 is 5.73 Å². The van der Waals surface area contributed by atoms with Crippen LogP contribution in [0.25, 0.3) is 5.57 Å². The number of nitrogens with zero attached hydrogens (tertiary/aromatic N) is 2. The molecule has 0 bridgehead atoms. The zero-order valence-corrected chi connectivity index (χ0v) is 31.2. The topological polar surface area (TPSA) is 104 Å². The van der Waals surface area contributed by atoms with Gasteiger partial charge < -0.3 is 15.6 Å². The van der Waals surface area contributed by atoms with Crippen LogP contribution in [0.1, 0.15) is 115 Å². The molecule has 48 heavy (non-hydrogen) atoms. The van der Waals surface area contributed by atoms with Crippen LogP contribution in [0, 0.1) is 51.2 Å². The average Bonchev–Trinajstić information content (AvgIpc) is 3.63. The third kappa shape index (κ3) is 4.56. The van der Waals surface area contributed by atoms with Gasteiger partial charge in [-0.05, 0) is 119 Å². The maximum absolute atomic E-state index is 12.9. The maximum Gasteiger partial charge on any atom is 0.306 e. The predicted molar refractivity (Wildman–Crippen MR) is 193 cm³/mol. The fourth-order valence-corrected chi connectivity index (χ4v) is 14.3. The molecule has 0 amide bonds. The molecule has 6 aliphatic rings. The van der Waals surface area contributed by atoms with Gasteiger partial charge in [0.1, 0.15) is 5.82 Å². The Morgan fingerprint density at radius 3 is 2.56 bits per heavy atom. The van der Waals surface area contributed by atoms with Crippen LogP contribution in [0.4, 0.5) is 5.82 Å². The van der Waals surface area contributed by atoms with E-state index < -0.39 is 5.97 Å². The second-order valence-corrected chi connectivity index (χ2v) is 19.8. The van der Waals surface area contributed by atoms with E-state index in [1.165, 1.54) is 34.5 Å². The number of nitrogen functional groups attached to an aromatic ring is 1. The highest BCUT2D eigenvalue weighted by Crippen LogP contribution is 2.76. The van der Waals surface area contributed by atoms with Crippen molar-refractivity contribution in [2.45, 2.75) is 112 Å². The molecule has 0 aromatic carbocycles. The van der Waals surface area contributed by atoms with Crippen LogP contribution in [-0.2, 0) is 27.9 Å². The Hall–Kier alpha value is -2.16. The molecule has 5 aliphatic carbocycles. The van der Waals surface area contributed by atoms with Crippen LogP contribution in [0.15, 0.2) is 17.0 Å². The van der Waals surface area contributed by atoms with Gasteiger partial charge in [0, 0.05) is 41.2 Å². The number of carboxylic acids is 1. The lowest BCUT2D eigenvalue weighted by molar-refractivity contribution is -0.161. The molecule has 4 fully saturated rings. The SMILES string of the molecule is CC1(C)CC2C3=C(c4ccsc4CN4CCOCC4)CC4[C@@]5(C)Cc6c(N)n[nH]c6C(C)(C)C5CC[C@@]4(C)[C@]3(C)CC[C@@H]2[C@H](C(=O)O)C1. The zero-order valence-electron chi connectivity index (χ0n) is 30.4. The number of ether oxygens (including phenoxy) is 1. The van der Waals surface area contributed by atoms with E-state index >= 15 is 0 Å². The number of allylic oxidation sites excluding steroid dienone is 2. The largest absolute Gasteiger partial charge is 0.481 e. The first kappa shape index (κ1) is 33.0. The van der Waals surface area contributed by atoms with Crippen LogP contribution in [0.5, 0.6) is 0 Å². The number of nitrogens with one attached hydrogen (secondary N) is 1. The molecule has 8 atom stereocenters. The number of aromatic nitrogens is 2. The summed E-state index contributed by atoms with van der Waals surface area (Å²) in [5.41, 5.74) is 13.9. The summed E-state index contributed by atoms with van der Waals surface area (Å²) in [6.45, 7) is 21.9. The van der Waals surface area contributed by atoms with E-state index in [0.717, 1.165) is 71.4 Å². The van der Waals surface area contributed by atoms with Gasteiger partial charge in [0.15, 0.2) is 0 Å². The quantitative estimate of drug-likeness (QED) is 0.302. The van der Waals surface area contributed by atoms with Gasteiger partial charge in [-0.1, -0.05) is 54.0 Å². The van der Waals surface area contributed by atoms with Crippen molar-refractivity contribution in [2.75, 3.05) is 32.0 Å². The first-order valence-corrected chi connectivity index (χ1v) is 19.6. The number of aromatic amines is 1. The molecule has 1 aliphatic heterocycles. The molecule has 8 heteroatoms.